The van der Waals surface area contributed by atoms with Gasteiger partial charge in [-0.3, -0.25) is 0 Å². The first-order valence-corrected chi connectivity index (χ1v) is 10.6. The summed E-state index contributed by atoms with van der Waals surface area (Å²) in [6, 6.07) is 27.0. The summed E-state index contributed by atoms with van der Waals surface area (Å²) in [5.41, 5.74) is 3.65. The number of nitrogens with one attached hydrogen (secondary N) is 1. The Balaban J connectivity index is 1.39. The fraction of sp³-hybridized carbons (Fsp3) is 0.308. The van der Waals surface area contributed by atoms with Gasteiger partial charge >= 0.3 is 0 Å². The van der Waals surface area contributed by atoms with Crippen LogP contribution in [-0.4, -0.2) is 13.2 Å². The summed E-state index contributed by atoms with van der Waals surface area (Å²) in [5.74, 6) is 1.85. The smallest absolute Gasteiger partial charge is 0.119 e. The molecule has 0 unspecified atom stereocenters. The molecule has 0 heterocycles. The molecule has 0 bridgehead atoms. The Labute approximate surface area is 174 Å². The summed E-state index contributed by atoms with van der Waals surface area (Å²) in [4.78, 5) is 0. The highest BCUT2D eigenvalue weighted by Crippen LogP contribution is 2.19. The van der Waals surface area contributed by atoms with Crippen LogP contribution in [0.4, 0.5) is 5.69 Å². The first-order chi connectivity index (χ1) is 14.3. The molecule has 1 N–H and O–H groups in total. The standard InChI is InChI=1S/C26H31NO2/c1-2-3-18-29-26-13-7-11-23(20-26)21-27-24-14-16-25(17-15-24)28-19-8-12-22-9-5-4-6-10-22/h4-7,9-11,13-17,20,27H,2-3,8,12,18-19,21H2,1H3. The van der Waals surface area contributed by atoms with E-state index in [2.05, 4.69) is 60.8 Å². The van der Waals surface area contributed by atoms with Gasteiger partial charge in [-0.15, -0.1) is 0 Å². The third-order valence-electron chi connectivity index (χ3n) is 4.74. The third kappa shape index (κ3) is 7.53. The summed E-state index contributed by atoms with van der Waals surface area (Å²) >= 11 is 0. The van der Waals surface area contributed by atoms with E-state index < -0.39 is 0 Å². The molecule has 0 aromatic heterocycles. The number of ether oxygens (including phenoxy) is 2. The molecule has 3 heteroatoms. The van der Waals surface area contributed by atoms with Gasteiger partial charge in [0.1, 0.15) is 11.5 Å². The summed E-state index contributed by atoms with van der Waals surface area (Å²) < 4.78 is 11.6. The summed E-state index contributed by atoms with van der Waals surface area (Å²) in [7, 11) is 0. The lowest BCUT2D eigenvalue weighted by Crippen LogP contribution is -2.02. The molecule has 0 spiro atoms. The highest BCUT2D eigenvalue weighted by atomic mass is 16.5. The fourth-order valence-corrected chi connectivity index (χ4v) is 3.06. The van der Waals surface area contributed by atoms with E-state index in [-0.39, 0.29) is 0 Å². The van der Waals surface area contributed by atoms with Crippen molar-refractivity contribution in [1.82, 2.24) is 0 Å². The van der Waals surface area contributed by atoms with E-state index in [1.807, 2.05) is 30.3 Å². The lowest BCUT2D eigenvalue weighted by Gasteiger charge is -2.11. The molecule has 0 saturated heterocycles. The van der Waals surface area contributed by atoms with Crippen molar-refractivity contribution in [3.63, 3.8) is 0 Å². The van der Waals surface area contributed by atoms with E-state index in [9.17, 15) is 0 Å². The van der Waals surface area contributed by atoms with Crippen LogP contribution < -0.4 is 14.8 Å². The number of hydrogen-bond acceptors (Lipinski definition) is 3. The Bertz CT molecular complexity index is 831. The van der Waals surface area contributed by atoms with Crippen LogP contribution in [0.3, 0.4) is 0 Å². The van der Waals surface area contributed by atoms with E-state index in [4.69, 9.17) is 9.47 Å². The molecule has 0 radical (unpaired) electrons. The second-order valence-corrected chi connectivity index (χ2v) is 7.16. The summed E-state index contributed by atoms with van der Waals surface area (Å²) in [6.07, 6.45) is 4.29. The van der Waals surface area contributed by atoms with E-state index in [1.54, 1.807) is 0 Å². The minimum absolute atomic E-state index is 0.729. The maximum atomic E-state index is 5.86. The lowest BCUT2D eigenvalue weighted by atomic mass is 10.1. The van der Waals surface area contributed by atoms with Crippen molar-refractivity contribution in [3.8, 4) is 11.5 Å². The monoisotopic (exact) mass is 389 g/mol. The van der Waals surface area contributed by atoms with Crippen LogP contribution in [0.1, 0.15) is 37.3 Å². The van der Waals surface area contributed by atoms with Crippen LogP contribution >= 0.6 is 0 Å². The zero-order chi connectivity index (χ0) is 20.2. The van der Waals surface area contributed by atoms with Gasteiger partial charge in [-0.25, -0.2) is 0 Å². The SMILES string of the molecule is CCCCOc1cccc(CNc2ccc(OCCCc3ccccc3)cc2)c1. The summed E-state index contributed by atoms with van der Waals surface area (Å²) in [5, 5.41) is 3.46. The Hall–Kier alpha value is -2.94. The molecule has 152 valence electrons. The highest BCUT2D eigenvalue weighted by Gasteiger charge is 2.00. The van der Waals surface area contributed by atoms with E-state index in [1.165, 1.54) is 11.1 Å². The number of anilines is 1. The Morgan fingerprint density at radius 1 is 0.690 bits per heavy atom. The van der Waals surface area contributed by atoms with Gasteiger partial charge < -0.3 is 14.8 Å². The van der Waals surface area contributed by atoms with E-state index in [0.29, 0.717) is 0 Å². The Morgan fingerprint density at radius 2 is 1.41 bits per heavy atom. The number of hydrogen-bond donors (Lipinski definition) is 1. The molecule has 0 saturated carbocycles. The molecule has 0 aliphatic rings. The first-order valence-electron chi connectivity index (χ1n) is 10.6. The van der Waals surface area contributed by atoms with Crippen LogP contribution in [0, 0.1) is 0 Å². The molecule has 29 heavy (non-hydrogen) atoms. The molecule has 3 aromatic rings. The average molecular weight is 390 g/mol. The third-order valence-corrected chi connectivity index (χ3v) is 4.74. The van der Waals surface area contributed by atoms with Crippen molar-refractivity contribution in [2.45, 2.75) is 39.2 Å². The van der Waals surface area contributed by atoms with E-state index >= 15 is 0 Å². The van der Waals surface area contributed by atoms with Gasteiger partial charge in [0.25, 0.3) is 0 Å². The maximum absolute atomic E-state index is 5.86. The molecular weight excluding hydrogens is 358 g/mol. The average Bonchev–Trinajstić information content (AvgIpc) is 2.77. The molecular formula is C26H31NO2. The molecule has 0 atom stereocenters. The van der Waals surface area contributed by atoms with Crippen LogP contribution in [-0.2, 0) is 13.0 Å². The second kappa shape index (κ2) is 11.8. The van der Waals surface area contributed by atoms with Crippen LogP contribution in [0.5, 0.6) is 11.5 Å². The van der Waals surface area contributed by atoms with Crippen molar-refractivity contribution in [2.75, 3.05) is 18.5 Å². The minimum Gasteiger partial charge on any atom is -0.494 e. The van der Waals surface area contributed by atoms with Crippen molar-refractivity contribution in [3.05, 3.63) is 90.0 Å². The highest BCUT2D eigenvalue weighted by molar-refractivity contribution is 5.47. The number of aryl methyl sites for hydroxylation is 1. The maximum Gasteiger partial charge on any atom is 0.119 e. The molecule has 0 aliphatic carbocycles. The molecule has 0 amide bonds. The van der Waals surface area contributed by atoms with E-state index in [0.717, 1.165) is 62.6 Å². The number of unbranched alkanes of at least 4 members (excludes halogenated alkanes) is 1. The van der Waals surface area contributed by atoms with Crippen molar-refractivity contribution >= 4 is 5.69 Å². The predicted octanol–water partition coefficient (Wildman–Crippen LogP) is 6.49. The van der Waals surface area contributed by atoms with Crippen molar-refractivity contribution < 1.29 is 9.47 Å². The van der Waals surface area contributed by atoms with Crippen LogP contribution in [0.25, 0.3) is 0 Å². The van der Waals surface area contributed by atoms with Crippen molar-refractivity contribution in [2.24, 2.45) is 0 Å². The summed E-state index contributed by atoms with van der Waals surface area (Å²) in [6.45, 7) is 4.44. The predicted molar refractivity (Wildman–Crippen MR) is 121 cm³/mol. The number of benzene rings is 3. The lowest BCUT2D eigenvalue weighted by molar-refractivity contribution is 0.309. The normalized spacial score (nSPS) is 10.5. The minimum atomic E-state index is 0.729. The molecule has 0 fully saturated rings. The van der Waals surface area contributed by atoms with Crippen LogP contribution in [0.15, 0.2) is 78.9 Å². The van der Waals surface area contributed by atoms with Gasteiger partial charge in [-0.1, -0.05) is 55.8 Å². The van der Waals surface area contributed by atoms with Gasteiger partial charge in [-0.05, 0) is 66.8 Å². The van der Waals surface area contributed by atoms with Crippen molar-refractivity contribution in [1.29, 1.82) is 0 Å². The largest absolute Gasteiger partial charge is 0.494 e. The van der Waals surface area contributed by atoms with Gasteiger partial charge in [0.05, 0.1) is 13.2 Å². The van der Waals surface area contributed by atoms with Gasteiger partial charge in [-0.2, -0.15) is 0 Å². The topological polar surface area (TPSA) is 30.5 Å². The second-order valence-electron chi connectivity index (χ2n) is 7.16. The zero-order valence-electron chi connectivity index (χ0n) is 17.3. The molecule has 0 aliphatic heterocycles. The van der Waals surface area contributed by atoms with Gasteiger partial charge in [0.2, 0.25) is 0 Å². The Kier molecular flexibility index (Phi) is 8.46. The number of rotatable bonds is 12. The molecule has 3 nitrogen and oxygen atoms in total. The Morgan fingerprint density at radius 3 is 2.21 bits per heavy atom. The quantitative estimate of drug-likeness (QED) is 0.359. The van der Waals surface area contributed by atoms with Gasteiger partial charge in [0.15, 0.2) is 0 Å². The zero-order valence-corrected chi connectivity index (χ0v) is 17.3. The van der Waals surface area contributed by atoms with Crippen LogP contribution in [0.2, 0.25) is 0 Å². The molecule has 3 rings (SSSR count). The van der Waals surface area contributed by atoms with Gasteiger partial charge in [0, 0.05) is 12.2 Å². The molecule has 3 aromatic carbocycles. The fourth-order valence-electron chi connectivity index (χ4n) is 3.06. The first kappa shape index (κ1) is 20.8.